The Kier molecular flexibility index (Phi) is 8.57. The summed E-state index contributed by atoms with van der Waals surface area (Å²) < 4.78 is 11.8. The van der Waals surface area contributed by atoms with Crippen molar-refractivity contribution in [2.45, 2.75) is 41.2 Å². The zero-order valence-corrected chi connectivity index (χ0v) is 21.4. The lowest BCUT2D eigenvalue weighted by molar-refractivity contribution is -0.112. The number of halogens is 1. The van der Waals surface area contributed by atoms with Crippen molar-refractivity contribution >= 4 is 29.3 Å². The van der Waals surface area contributed by atoms with Gasteiger partial charge in [-0.2, -0.15) is 5.26 Å². The maximum absolute atomic E-state index is 12.8. The van der Waals surface area contributed by atoms with Crippen LogP contribution in [0.15, 0.2) is 54.1 Å². The van der Waals surface area contributed by atoms with Crippen LogP contribution in [0, 0.1) is 39.0 Å². The Balaban J connectivity index is 1.86. The topological polar surface area (TPSA) is 71.3 Å². The number of benzene rings is 3. The van der Waals surface area contributed by atoms with Gasteiger partial charge in [0, 0.05) is 5.69 Å². The van der Waals surface area contributed by atoms with E-state index in [1.54, 1.807) is 12.1 Å². The highest BCUT2D eigenvalue weighted by molar-refractivity contribution is 6.32. The van der Waals surface area contributed by atoms with Crippen LogP contribution in [0.4, 0.5) is 5.69 Å². The molecule has 0 spiro atoms. The Labute approximate surface area is 212 Å². The molecule has 1 N–H and O–H groups in total. The van der Waals surface area contributed by atoms with Crippen LogP contribution in [0.5, 0.6) is 11.5 Å². The quantitative estimate of drug-likeness (QED) is 0.271. The molecule has 0 saturated heterocycles. The molecule has 180 valence electrons. The highest BCUT2D eigenvalue weighted by Gasteiger charge is 2.15. The SMILES string of the molecule is CCOc1cc(/C=C(\C#N)C(=O)Nc2ccc(C)cc2C)cc(Cl)c1OCc1cc(C)cc(C)c1. The van der Waals surface area contributed by atoms with Gasteiger partial charge in [0.15, 0.2) is 11.5 Å². The summed E-state index contributed by atoms with van der Waals surface area (Å²) in [5, 5.41) is 12.8. The molecule has 3 aromatic carbocycles. The molecule has 0 aromatic heterocycles. The lowest BCUT2D eigenvalue weighted by Crippen LogP contribution is -2.14. The molecule has 0 fully saturated rings. The number of carbonyl (C=O) groups is 1. The second-order valence-electron chi connectivity index (χ2n) is 8.49. The average Bonchev–Trinajstić information content (AvgIpc) is 2.78. The smallest absolute Gasteiger partial charge is 0.266 e. The van der Waals surface area contributed by atoms with E-state index < -0.39 is 5.91 Å². The maximum atomic E-state index is 12.8. The fraction of sp³-hybridized carbons (Fsp3) is 0.241. The highest BCUT2D eigenvalue weighted by Crippen LogP contribution is 2.38. The summed E-state index contributed by atoms with van der Waals surface area (Å²) in [5.74, 6) is 0.370. The number of hydrogen-bond donors (Lipinski definition) is 1. The van der Waals surface area contributed by atoms with E-state index in [2.05, 4.69) is 23.5 Å². The monoisotopic (exact) mass is 488 g/mol. The van der Waals surface area contributed by atoms with Gasteiger partial charge in [0.05, 0.1) is 11.6 Å². The second kappa shape index (κ2) is 11.6. The number of nitrogens with one attached hydrogen (secondary N) is 1. The summed E-state index contributed by atoms with van der Waals surface area (Å²) in [5.41, 5.74) is 6.52. The van der Waals surface area contributed by atoms with Crippen molar-refractivity contribution in [1.29, 1.82) is 5.26 Å². The molecule has 0 radical (unpaired) electrons. The summed E-state index contributed by atoms with van der Waals surface area (Å²) in [7, 11) is 0. The summed E-state index contributed by atoms with van der Waals surface area (Å²) in [4.78, 5) is 12.8. The fourth-order valence-electron chi connectivity index (χ4n) is 3.84. The van der Waals surface area contributed by atoms with E-state index in [1.165, 1.54) is 6.08 Å². The molecule has 0 aliphatic rings. The van der Waals surface area contributed by atoms with Gasteiger partial charge in [-0.05, 0) is 75.6 Å². The van der Waals surface area contributed by atoms with Crippen LogP contribution in [-0.4, -0.2) is 12.5 Å². The molecule has 5 nitrogen and oxygen atoms in total. The van der Waals surface area contributed by atoms with E-state index in [0.29, 0.717) is 41.0 Å². The van der Waals surface area contributed by atoms with Gasteiger partial charge in [0.2, 0.25) is 0 Å². The first-order valence-electron chi connectivity index (χ1n) is 11.4. The third-order valence-corrected chi connectivity index (χ3v) is 5.58. The van der Waals surface area contributed by atoms with E-state index in [0.717, 1.165) is 27.8 Å². The molecule has 0 heterocycles. The molecule has 0 bridgehead atoms. The standard InChI is InChI=1S/C29H29ClN2O3/c1-6-34-27-15-22(13-24(16-31)29(33)32-26-8-7-18(2)10-21(26)5)14-25(30)28(27)35-17-23-11-19(3)9-20(4)12-23/h7-15H,6,17H2,1-5H3,(H,32,33)/b24-13+. The fourth-order valence-corrected chi connectivity index (χ4v) is 4.11. The third-order valence-electron chi connectivity index (χ3n) is 5.30. The summed E-state index contributed by atoms with van der Waals surface area (Å²) >= 11 is 6.55. The van der Waals surface area contributed by atoms with Gasteiger partial charge in [-0.15, -0.1) is 0 Å². The summed E-state index contributed by atoms with van der Waals surface area (Å²) in [6, 6.07) is 17.3. The molecule has 1 amide bonds. The molecule has 3 rings (SSSR count). The number of anilines is 1. The van der Waals surface area contributed by atoms with E-state index in [-0.39, 0.29) is 5.57 Å². The number of nitriles is 1. The van der Waals surface area contributed by atoms with E-state index in [4.69, 9.17) is 21.1 Å². The van der Waals surface area contributed by atoms with Gasteiger partial charge in [-0.25, -0.2) is 0 Å². The second-order valence-corrected chi connectivity index (χ2v) is 8.90. The number of ether oxygens (including phenoxy) is 2. The Morgan fingerprint density at radius 3 is 2.34 bits per heavy atom. The summed E-state index contributed by atoms with van der Waals surface area (Å²) in [6.07, 6.45) is 1.49. The predicted octanol–water partition coefficient (Wildman–Crippen LogP) is 7.10. The lowest BCUT2D eigenvalue weighted by Gasteiger charge is -2.15. The lowest BCUT2D eigenvalue weighted by atomic mass is 10.1. The Hall–Kier alpha value is -3.75. The Morgan fingerprint density at radius 1 is 1.00 bits per heavy atom. The molecule has 35 heavy (non-hydrogen) atoms. The minimum absolute atomic E-state index is 0.0487. The first-order valence-corrected chi connectivity index (χ1v) is 11.7. The molecule has 0 atom stereocenters. The van der Waals surface area contributed by atoms with Gasteiger partial charge in [-0.1, -0.05) is 58.6 Å². The number of nitrogens with zero attached hydrogens (tertiary/aromatic N) is 1. The zero-order chi connectivity index (χ0) is 25.5. The normalized spacial score (nSPS) is 11.1. The van der Waals surface area contributed by atoms with E-state index in [9.17, 15) is 10.1 Å². The van der Waals surface area contributed by atoms with Crippen LogP contribution in [0.2, 0.25) is 5.02 Å². The first-order chi connectivity index (χ1) is 16.7. The predicted molar refractivity (Wildman–Crippen MR) is 141 cm³/mol. The van der Waals surface area contributed by atoms with Crippen LogP contribution in [0.3, 0.4) is 0 Å². The Bertz CT molecular complexity index is 1300. The highest BCUT2D eigenvalue weighted by atomic mass is 35.5. The number of carbonyl (C=O) groups excluding carboxylic acids is 1. The van der Waals surface area contributed by atoms with Crippen molar-refractivity contribution in [3.63, 3.8) is 0 Å². The number of aryl methyl sites for hydroxylation is 4. The minimum atomic E-state index is -0.497. The number of amides is 1. The van der Waals surface area contributed by atoms with E-state index in [1.807, 2.05) is 58.9 Å². The van der Waals surface area contributed by atoms with Crippen LogP contribution in [0.1, 0.15) is 40.3 Å². The average molecular weight is 489 g/mol. The van der Waals surface area contributed by atoms with Crippen molar-refractivity contribution < 1.29 is 14.3 Å². The molecular weight excluding hydrogens is 460 g/mol. The van der Waals surface area contributed by atoms with Crippen molar-refractivity contribution in [2.24, 2.45) is 0 Å². The molecule has 3 aromatic rings. The van der Waals surface area contributed by atoms with E-state index >= 15 is 0 Å². The molecule has 6 heteroatoms. The zero-order valence-electron chi connectivity index (χ0n) is 20.7. The van der Waals surface area contributed by atoms with Crippen molar-refractivity contribution in [2.75, 3.05) is 11.9 Å². The summed E-state index contributed by atoms with van der Waals surface area (Å²) in [6.45, 7) is 10.6. The number of hydrogen-bond acceptors (Lipinski definition) is 4. The molecule has 0 aliphatic carbocycles. The van der Waals surface area contributed by atoms with Gasteiger partial charge < -0.3 is 14.8 Å². The largest absolute Gasteiger partial charge is 0.490 e. The Morgan fingerprint density at radius 2 is 1.71 bits per heavy atom. The van der Waals surface area contributed by atoms with Gasteiger partial charge in [0.25, 0.3) is 5.91 Å². The third kappa shape index (κ3) is 6.88. The van der Waals surface area contributed by atoms with Gasteiger partial charge in [-0.3, -0.25) is 4.79 Å². The van der Waals surface area contributed by atoms with Crippen molar-refractivity contribution in [1.82, 2.24) is 0 Å². The van der Waals surface area contributed by atoms with Crippen molar-refractivity contribution in [3.8, 4) is 17.6 Å². The first kappa shape index (κ1) is 25.9. The van der Waals surface area contributed by atoms with Crippen LogP contribution in [0.25, 0.3) is 6.08 Å². The maximum Gasteiger partial charge on any atom is 0.266 e. The van der Waals surface area contributed by atoms with Crippen LogP contribution in [-0.2, 0) is 11.4 Å². The van der Waals surface area contributed by atoms with Gasteiger partial charge in [0.1, 0.15) is 18.2 Å². The molecule has 0 aliphatic heterocycles. The minimum Gasteiger partial charge on any atom is -0.490 e. The molecule has 0 saturated carbocycles. The van der Waals surface area contributed by atoms with Crippen LogP contribution >= 0.6 is 11.6 Å². The molecular formula is C29H29ClN2O3. The number of rotatable bonds is 8. The van der Waals surface area contributed by atoms with Crippen LogP contribution < -0.4 is 14.8 Å². The van der Waals surface area contributed by atoms with Crippen molar-refractivity contribution in [3.05, 3.63) is 92.5 Å². The van der Waals surface area contributed by atoms with Gasteiger partial charge >= 0.3 is 0 Å². The molecule has 0 unspecified atom stereocenters.